The molecule has 0 atom stereocenters. The van der Waals surface area contributed by atoms with Crippen LogP contribution in [0.5, 0.6) is 0 Å². The van der Waals surface area contributed by atoms with Crippen LogP contribution in [0.15, 0.2) is 27.8 Å². The van der Waals surface area contributed by atoms with E-state index in [0.29, 0.717) is 5.89 Å². The largest absolute Gasteiger partial charge is 0.465 e. The van der Waals surface area contributed by atoms with Crippen LogP contribution in [0.25, 0.3) is 0 Å². The van der Waals surface area contributed by atoms with Gasteiger partial charge in [-0.1, -0.05) is 25.6 Å². The number of ether oxygens (including phenoxy) is 2. The van der Waals surface area contributed by atoms with Crippen molar-refractivity contribution in [3.8, 4) is 0 Å². The third kappa shape index (κ3) is 5.30. The predicted molar refractivity (Wildman–Crippen MR) is 96.9 cm³/mol. The molecule has 1 heterocycles. The number of amides is 1. The molecule has 1 amide bonds. The van der Waals surface area contributed by atoms with Crippen LogP contribution in [0.2, 0.25) is 0 Å². The lowest BCUT2D eigenvalue weighted by atomic mass is 10.1. The van der Waals surface area contributed by atoms with E-state index >= 15 is 0 Å². The maximum Gasteiger partial charge on any atom is 0.339 e. The summed E-state index contributed by atoms with van der Waals surface area (Å²) in [6, 6.07) is 4.15. The van der Waals surface area contributed by atoms with Gasteiger partial charge in [-0.25, -0.2) is 9.59 Å². The highest BCUT2D eigenvalue weighted by Crippen LogP contribution is 2.22. The number of carbonyl (C=O) groups excluding carboxylic acids is 3. The lowest BCUT2D eigenvalue weighted by molar-refractivity contribution is -0.113. The first kappa shape index (κ1) is 20.4. The molecule has 0 fully saturated rings. The van der Waals surface area contributed by atoms with Gasteiger partial charge in [0.2, 0.25) is 11.8 Å². The average molecular weight is 393 g/mol. The molecular formula is C17H19N3O6S. The van der Waals surface area contributed by atoms with Gasteiger partial charge in [0.05, 0.1) is 36.8 Å². The zero-order chi connectivity index (χ0) is 20.0. The molecule has 0 aliphatic carbocycles. The SMILES string of the molecule is COC(=O)c1ccc(C(=O)OC)c(NC(=O)CSc2nnc(C(C)C)o2)c1. The first-order valence-electron chi connectivity index (χ1n) is 7.92. The standard InChI is InChI=1S/C17H19N3O6S/c1-9(2)14-19-20-17(26-14)27-8-13(21)18-12-7-10(15(22)24-3)5-6-11(12)16(23)25-4/h5-7,9H,8H2,1-4H3,(H,18,21). The molecule has 0 saturated heterocycles. The Morgan fingerprint density at radius 1 is 1.15 bits per heavy atom. The van der Waals surface area contributed by atoms with Crippen molar-refractivity contribution in [3.05, 3.63) is 35.2 Å². The van der Waals surface area contributed by atoms with Gasteiger partial charge in [-0.3, -0.25) is 4.79 Å². The molecule has 0 bridgehead atoms. The molecule has 1 N–H and O–H groups in total. The van der Waals surface area contributed by atoms with Crippen molar-refractivity contribution in [3.63, 3.8) is 0 Å². The van der Waals surface area contributed by atoms with Gasteiger partial charge in [-0.05, 0) is 18.2 Å². The number of aromatic nitrogens is 2. The van der Waals surface area contributed by atoms with E-state index in [2.05, 4.69) is 20.3 Å². The molecule has 27 heavy (non-hydrogen) atoms. The van der Waals surface area contributed by atoms with Gasteiger partial charge in [0.15, 0.2) is 0 Å². The second-order valence-electron chi connectivity index (χ2n) is 5.64. The lowest BCUT2D eigenvalue weighted by Gasteiger charge is -2.11. The third-order valence-electron chi connectivity index (χ3n) is 3.36. The van der Waals surface area contributed by atoms with Gasteiger partial charge < -0.3 is 19.2 Å². The number of nitrogens with one attached hydrogen (secondary N) is 1. The summed E-state index contributed by atoms with van der Waals surface area (Å²) >= 11 is 1.06. The van der Waals surface area contributed by atoms with Crippen LogP contribution in [-0.4, -0.2) is 48.0 Å². The summed E-state index contributed by atoms with van der Waals surface area (Å²) < 4.78 is 14.8. The van der Waals surface area contributed by atoms with E-state index in [1.54, 1.807) is 0 Å². The number of hydrogen-bond acceptors (Lipinski definition) is 9. The van der Waals surface area contributed by atoms with Crippen molar-refractivity contribution in [2.75, 3.05) is 25.3 Å². The average Bonchev–Trinajstić information content (AvgIpc) is 3.14. The van der Waals surface area contributed by atoms with E-state index in [9.17, 15) is 14.4 Å². The monoisotopic (exact) mass is 393 g/mol. The topological polar surface area (TPSA) is 121 Å². The van der Waals surface area contributed by atoms with Crippen molar-refractivity contribution in [1.29, 1.82) is 0 Å². The second-order valence-corrected chi connectivity index (χ2v) is 6.57. The highest BCUT2D eigenvalue weighted by atomic mass is 32.2. The Morgan fingerprint density at radius 2 is 1.85 bits per heavy atom. The fraction of sp³-hybridized carbons (Fsp3) is 0.353. The summed E-state index contributed by atoms with van der Waals surface area (Å²) in [7, 11) is 2.46. The van der Waals surface area contributed by atoms with Gasteiger partial charge in [-0.15, -0.1) is 10.2 Å². The molecule has 144 valence electrons. The highest BCUT2D eigenvalue weighted by molar-refractivity contribution is 7.99. The number of benzene rings is 1. The molecule has 0 spiro atoms. The Kier molecular flexibility index (Phi) is 6.94. The minimum absolute atomic E-state index is 0.0250. The molecule has 10 heteroatoms. The second kappa shape index (κ2) is 9.17. The van der Waals surface area contributed by atoms with E-state index in [1.807, 2.05) is 13.8 Å². The molecule has 0 saturated carbocycles. The van der Waals surface area contributed by atoms with Gasteiger partial charge >= 0.3 is 11.9 Å². The quantitative estimate of drug-likeness (QED) is 0.558. The molecule has 1 aromatic heterocycles. The Hall–Kier alpha value is -2.88. The lowest BCUT2D eigenvalue weighted by Crippen LogP contribution is -2.18. The summed E-state index contributed by atoms with van der Waals surface area (Å²) in [6.07, 6.45) is 0. The number of nitrogens with zero attached hydrogens (tertiary/aromatic N) is 2. The number of methoxy groups -OCH3 is 2. The molecule has 9 nitrogen and oxygen atoms in total. The van der Waals surface area contributed by atoms with Crippen LogP contribution in [0.4, 0.5) is 5.69 Å². The van der Waals surface area contributed by atoms with Gasteiger partial charge in [0.25, 0.3) is 5.22 Å². The number of anilines is 1. The van der Waals surface area contributed by atoms with Crippen LogP contribution < -0.4 is 5.32 Å². The Morgan fingerprint density at radius 3 is 2.44 bits per heavy atom. The molecule has 0 unspecified atom stereocenters. The molecule has 0 aliphatic heterocycles. The van der Waals surface area contributed by atoms with E-state index in [0.717, 1.165) is 11.8 Å². The minimum atomic E-state index is -0.646. The summed E-state index contributed by atoms with van der Waals surface area (Å²) in [5.74, 6) is -1.11. The predicted octanol–water partition coefficient (Wildman–Crippen LogP) is 2.50. The van der Waals surface area contributed by atoms with E-state index < -0.39 is 17.8 Å². The Balaban J connectivity index is 2.11. The molecule has 2 rings (SSSR count). The maximum absolute atomic E-state index is 12.3. The molecule has 0 aliphatic rings. The number of rotatable bonds is 7. The summed E-state index contributed by atoms with van der Waals surface area (Å²) in [6.45, 7) is 3.83. The van der Waals surface area contributed by atoms with Gasteiger partial charge in [-0.2, -0.15) is 0 Å². The van der Waals surface area contributed by atoms with Crippen molar-refractivity contribution in [2.45, 2.75) is 25.0 Å². The smallest absolute Gasteiger partial charge is 0.339 e. The summed E-state index contributed by atoms with van der Waals surface area (Å²) in [4.78, 5) is 35.8. The number of carbonyl (C=O) groups is 3. The van der Waals surface area contributed by atoms with Crippen LogP contribution in [0.1, 0.15) is 46.4 Å². The van der Waals surface area contributed by atoms with Crippen LogP contribution in [0.3, 0.4) is 0 Å². The highest BCUT2D eigenvalue weighted by Gasteiger charge is 2.18. The third-order valence-corrected chi connectivity index (χ3v) is 4.18. The fourth-order valence-electron chi connectivity index (χ4n) is 2.01. The van der Waals surface area contributed by atoms with Crippen molar-refractivity contribution < 1.29 is 28.3 Å². The summed E-state index contributed by atoms with van der Waals surface area (Å²) in [5, 5.41) is 10.6. The van der Waals surface area contributed by atoms with Crippen LogP contribution in [-0.2, 0) is 14.3 Å². The zero-order valence-corrected chi connectivity index (χ0v) is 16.1. The first-order chi connectivity index (χ1) is 12.8. The number of esters is 2. The Labute approximate surface area is 159 Å². The maximum atomic E-state index is 12.3. The molecule has 1 aromatic carbocycles. The van der Waals surface area contributed by atoms with Crippen LogP contribution >= 0.6 is 11.8 Å². The minimum Gasteiger partial charge on any atom is -0.465 e. The van der Waals surface area contributed by atoms with Gasteiger partial charge in [0.1, 0.15) is 0 Å². The van der Waals surface area contributed by atoms with E-state index in [1.165, 1.54) is 32.4 Å². The van der Waals surface area contributed by atoms with Crippen LogP contribution in [0, 0.1) is 0 Å². The summed E-state index contributed by atoms with van der Waals surface area (Å²) in [5.41, 5.74) is 0.443. The van der Waals surface area contributed by atoms with E-state index in [-0.39, 0.29) is 33.7 Å². The van der Waals surface area contributed by atoms with E-state index in [4.69, 9.17) is 9.15 Å². The molecule has 2 aromatic rings. The van der Waals surface area contributed by atoms with Crippen molar-refractivity contribution >= 4 is 35.3 Å². The first-order valence-corrected chi connectivity index (χ1v) is 8.91. The van der Waals surface area contributed by atoms with Gasteiger partial charge in [0, 0.05) is 5.92 Å². The normalized spacial score (nSPS) is 10.6. The number of hydrogen-bond donors (Lipinski definition) is 1. The zero-order valence-electron chi connectivity index (χ0n) is 15.3. The fourth-order valence-corrected chi connectivity index (χ4v) is 2.58. The number of thioether (sulfide) groups is 1. The van der Waals surface area contributed by atoms with Crippen molar-refractivity contribution in [1.82, 2.24) is 10.2 Å². The molecule has 0 radical (unpaired) electrons. The molecular weight excluding hydrogens is 374 g/mol. The Bertz CT molecular complexity index is 849. The van der Waals surface area contributed by atoms with Crippen molar-refractivity contribution in [2.24, 2.45) is 0 Å².